The minimum Gasteiger partial charge on any atom is -0.337 e. The number of amides is 1. The number of aromatic nitrogens is 4. The second-order valence-corrected chi connectivity index (χ2v) is 6.70. The van der Waals surface area contributed by atoms with Gasteiger partial charge in [-0.3, -0.25) is 9.48 Å². The molecule has 1 amide bonds. The third kappa shape index (κ3) is 4.01. The van der Waals surface area contributed by atoms with Gasteiger partial charge in [0.25, 0.3) is 5.91 Å². The smallest absolute Gasteiger partial charge is 0.257 e. The molecule has 2 aromatic carbocycles. The van der Waals surface area contributed by atoms with Gasteiger partial charge in [0.05, 0.1) is 30.2 Å². The minimum atomic E-state index is -0.0632. The Labute approximate surface area is 163 Å². The predicted octanol–water partition coefficient (Wildman–Crippen LogP) is 3.39. The Morgan fingerprint density at radius 1 is 0.893 bits per heavy atom. The molecule has 6 heteroatoms. The first-order chi connectivity index (χ1) is 13.7. The summed E-state index contributed by atoms with van der Waals surface area (Å²) in [5.41, 5.74) is 3.68. The van der Waals surface area contributed by atoms with Crippen LogP contribution in [0.2, 0.25) is 0 Å². The number of carbonyl (C=O) groups is 1. The zero-order valence-electron chi connectivity index (χ0n) is 15.6. The van der Waals surface area contributed by atoms with E-state index in [1.807, 2.05) is 71.5 Å². The summed E-state index contributed by atoms with van der Waals surface area (Å²) in [4.78, 5) is 14.4. The Hall–Kier alpha value is -3.67. The number of para-hydroxylation sites is 1. The molecule has 0 saturated heterocycles. The first-order valence-electron chi connectivity index (χ1n) is 9.10. The number of hydrogen-bond acceptors (Lipinski definition) is 3. The fraction of sp³-hybridized carbons (Fsp3) is 0.136. The summed E-state index contributed by atoms with van der Waals surface area (Å²) < 4.78 is 3.59. The average Bonchev–Trinajstić information content (AvgIpc) is 3.39. The molecule has 0 fully saturated rings. The third-order valence-electron chi connectivity index (χ3n) is 4.49. The number of nitrogens with zero attached hydrogens (tertiary/aromatic N) is 5. The van der Waals surface area contributed by atoms with Crippen LogP contribution in [0.3, 0.4) is 0 Å². The van der Waals surface area contributed by atoms with Gasteiger partial charge in [-0.25, -0.2) is 4.68 Å². The van der Waals surface area contributed by atoms with E-state index in [0.717, 1.165) is 16.8 Å². The van der Waals surface area contributed by atoms with Crippen molar-refractivity contribution < 1.29 is 4.79 Å². The van der Waals surface area contributed by atoms with Gasteiger partial charge >= 0.3 is 0 Å². The molecule has 0 spiro atoms. The number of benzene rings is 2. The van der Waals surface area contributed by atoms with Crippen LogP contribution in [-0.2, 0) is 13.1 Å². The van der Waals surface area contributed by atoms with Gasteiger partial charge in [-0.2, -0.15) is 10.2 Å². The summed E-state index contributed by atoms with van der Waals surface area (Å²) in [5, 5.41) is 8.70. The van der Waals surface area contributed by atoms with Crippen molar-refractivity contribution in [3.63, 3.8) is 0 Å². The summed E-state index contributed by atoms with van der Waals surface area (Å²) >= 11 is 0. The van der Waals surface area contributed by atoms with Crippen molar-refractivity contribution in [1.82, 2.24) is 24.5 Å². The van der Waals surface area contributed by atoms with E-state index in [9.17, 15) is 4.79 Å². The van der Waals surface area contributed by atoms with E-state index < -0.39 is 0 Å². The summed E-state index contributed by atoms with van der Waals surface area (Å²) in [6.45, 7) is 1.12. The van der Waals surface area contributed by atoms with Crippen LogP contribution in [0.25, 0.3) is 5.69 Å². The normalized spacial score (nSPS) is 10.8. The van der Waals surface area contributed by atoms with E-state index >= 15 is 0 Å². The van der Waals surface area contributed by atoms with E-state index in [-0.39, 0.29) is 5.91 Å². The molecule has 0 saturated carbocycles. The highest BCUT2D eigenvalue weighted by molar-refractivity contribution is 5.93. The molecular weight excluding hydrogens is 350 g/mol. The van der Waals surface area contributed by atoms with Crippen LogP contribution in [0.15, 0.2) is 85.5 Å². The molecule has 2 heterocycles. The second-order valence-electron chi connectivity index (χ2n) is 6.70. The Balaban J connectivity index is 1.41. The van der Waals surface area contributed by atoms with Crippen LogP contribution < -0.4 is 0 Å². The lowest BCUT2D eigenvalue weighted by molar-refractivity contribution is 0.0785. The molecule has 0 unspecified atom stereocenters. The van der Waals surface area contributed by atoms with Gasteiger partial charge in [-0.1, -0.05) is 48.5 Å². The van der Waals surface area contributed by atoms with Crippen molar-refractivity contribution >= 4 is 5.91 Å². The Kier molecular flexibility index (Phi) is 5.01. The molecule has 2 aromatic heterocycles. The van der Waals surface area contributed by atoms with Crippen molar-refractivity contribution in [2.24, 2.45) is 0 Å². The lowest BCUT2D eigenvalue weighted by atomic mass is 10.2. The van der Waals surface area contributed by atoms with E-state index in [1.54, 1.807) is 35.2 Å². The van der Waals surface area contributed by atoms with Crippen LogP contribution in [0, 0.1) is 0 Å². The van der Waals surface area contributed by atoms with E-state index in [0.29, 0.717) is 18.7 Å². The minimum absolute atomic E-state index is 0.0632. The summed E-state index contributed by atoms with van der Waals surface area (Å²) in [6, 6.07) is 20.0. The third-order valence-corrected chi connectivity index (χ3v) is 4.49. The quantitative estimate of drug-likeness (QED) is 0.522. The molecule has 28 heavy (non-hydrogen) atoms. The Morgan fingerprint density at radius 2 is 1.61 bits per heavy atom. The standard InChI is InChI=1S/C22H21N5O/c1-25(14-19-12-24-27(16-19)21-10-6-3-7-11-21)22(28)20-13-23-26(17-20)15-18-8-4-2-5-9-18/h2-13,16-17H,14-15H2,1H3. The maximum atomic E-state index is 12.7. The van der Waals surface area contributed by atoms with Gasteiger partial charge in [-0.15, -0.1) is 0 Å². The lowest BCUT2D eigenvalue weighted by Gasteiger charge is -2.14. The topological polar surface area (TPSA) is 56.0 Å². The van der Waals surface area contributed by atoms with Gasteiger partial charge in [0.2, 0.25) is 0 Å². The number of rotatable bonds is 6. The first-order valence-corrected chi connectivity index (χ1v) is 9.10. The van der Waals surface area contributed by atoms with Crippen molar-refractivity contribution in [3.8, 4) is 5.69 Å². The number of carbonyl (C=O) groups excluding carboxylic acids is 1. The largest absolute Gasteiger partial charge is 0.337 e. The lowest BCUT2D eigenvalue weighted by Crippen LogP contribution is -2.25. The van der Waals surface area contributed by atoms with Gasteiger partial charge in [0, 0.05) is 31.5 Å². The van der Waals surface area contributed by atoms with Gasteiger partial charge in [0.1, 0.15) is 0 Å². The molecule has 6 nitrogen and oxygen atoms in total. The van der Waals surface area contributed by atoms with Crippen LogP contribution in [0.1, 0.15) is 21.5 Å². The molecule has 0 aliphatic rings. The van der Waals surface area contributed by atoms with Crippen molar-refractivity contribution in [2.75, 3.05) is 7.05 Å². The average molecular weight is 371 g/mol. The van der Waals surface area contributed by atoms with Crippen molar-refractivity contribution in [3.05, 3.63) is 102 Å². The molecule has 4 aromatic rings. The van der Waals surface area contributed by atoms with E-state index in [2.05, 4.69) is 10.2 Å². The molecule has 0 atom stereocenters. The molecule has 4 rings (SSSR count). The highest BCUT2D eigenvalue weighted by Crippen LogP contribution is 2.11. The Bertz CT molecular complexity index is 1050. The molecule has 0 radical (unpaired) electrons. The molecule has 140 valence electrons. The highest BCUT2D eigenvalue weighted by Gasteiger charge is 2.15. The molecule has 0 N–H and O–H groups in total. The fourth-order valence-corrected chi connectivity index (χ4v) is 3.06. The Morgan fingerprint density at radius 3 is 2.36 bits per heavy atom. The molecule has 0 aliphatic carbocycles. The fourth-order valence-electron chi connectivity index (χ4n) is 3.06. The van der Waals surface area contributed by atoms with E-state index in [1.165, 1.54) is 0 Å². The summed E-state index contributed by atoms with van der Waals surface area (Å²) in [7, 11) is 1.79. The zero-order chi connectivity index (χ0) is 19.3. The van der Waals surface area contributed by atoms with Crippen LogP contribution in [-0.4, -0.2) is 37.4 Å². The molecule has 0 bridgehead atoms. The van der Waals surface area contributed by atoms with Crippen molar-refractivity contribution in [2.45, 2.75) is 13.1 Å². The van der Waals surface area contributed by atoms with E-state index in [4.69, 9.17) is 0 Å². The second kappa shape index (κ2) is 7.92. The van der Waals surface area contributed by atoms with Gasteiger partial charge < -0.3 is 4.90 Å². The highest BCUT2D eigenvalue weighted by atomic mass is 16.2. The van der Waals surface area contributed by atoms with Crippen LogP contribution in [0.4, 0.5) is 0 Å². The van der Waals surface area contributed by atoms with Gasteiger partial charge in [-0.05, 0) is 17.7 Å². The monoisotopic (exact) mass is 371 g/mol. The number of hydrogen-bond donors (Lipinski definition) is 0. The first kappa shape index (κ1) is 17.7. The van der Waals surface area contributed by atoms with Gasteiger partial charge in [0.15, 0.2) is 0 Å². The summed E-state index contributed by atoms with van der Waals surface area (Å²) in [6.07, 6.45) is 7.14. The predicted molar refractivity (Wildman–Crippen MR) is 107 cm³/mol. The molecular formula is C22H21N5O. The maximum Gasteiger partial charge on any atom is 0.257 e. The summed E-state index contributed by atoms with van der Waals surface area (Å²) in [5.74, 6) is -0.0632. The van der Waals surface area contributed by atoms with Crippen molar-refractivity contribution in [1.29, 1.82) is 0 Å². The maximum absolute atomic E-state index is 12.7. The van der Waals surface area contributed by atoms with Crippen LogP contribution in [0.5, 0.6) is 0 Å². The van der Waals surface area contributed by atoms with Crippen LogP contribution >= 0.6 is 0 Å². The zero-order valence-corrected chi connectivity index (χ0v) is 15.6. The molecule has 0 aliphatic heterocycles. The SMILES string of the molecule is CN(Cc1cnn(-c2ccccc2)c1)C(=O)c1cnn(Cc2ccccc2)c1.